The van der Waals surface area contributed by atoms with Crippen LogP contribution in [0.15, 0.2) is 0 Å². The van der Waals surface area contributed by atoms with Crippen molar-refractivity contribution in [2.45, 2.75) is 26.1 Å². The minimum Gasteiger partial charge on any atom is -0.343 e. The SMILES string of the molecule is CCCC[B]F. The van der Waals surface area contributed by atoms with E-state index in [9.17, 15) is 4.32 Å². The Morgan fingerprint density at radius 3 is 2.50 bits per heavy atom. The number of rotatable bonds is 3. The first kappa shape index (κ1) is 5.99. The van der Waals surface area contributed by atoms with Gasteiger partial charge in [-0.25, -0.2) is 0 Å². The fourth-order valence-electron chi connectivity index (χ4n) is 0.281. The molecule has 0 nitrogen and oxygen atoms in total. The van der Waals surface area contributed by atoms with Crippen LogP contribution in [0.5, 0.6) is 0 Å². The second-order valence-corrected chi connectivity index (χ2v) is 1.30. The van der Waals surface area contributed by atoms with Gasteiger partial charge < -0.3 is 4.32 Å². The molecule has 1 radical (unpaired) electrons. The molecule has 0 saturated carbocycles. The molecule has 35 valence electrons. The molecule has 0 aliphatic rings. The summed E-state index contributed by atoms with van der Waals surface area (Å²) in [6.07, 6.45) is 2.69. The third-order valence-electron chi connectivity index (χ3n) is 0.667. The zero-order valence-electron chi connectivity index (χ0n) is 4.08. The summed E-state index contributed by atoms with van der Waals surface area (Å²) in [6.45, 7) is 2.05. The monoisotopic (exact) mass is 87.1 g/mol. The van der Waals surface area contributed by atoms with Gasteiger partial charge in [0.15, 0.2) is 0 Å². The van der Waals surface area contributed by atoms with Crippen molar-refractivity contribution in [3.63, 3.8) is 0 Å². The molecule has 0 unspecified atom stereocenters. The highest BCUT2D eigenvalue weighted by atomic mass is 19.1. The molecule has 0 N–H and O–H groups in total. The normalized spacial score (nSPS) is 8.33. The van der Waals surface area contributed by atoms with Crippen LogP contribution in [0.1, 0.15) is 19.8 Å². The Labute approximate surface area is 39.0 Å². The topological polar surface area (TPSA) is 0 Å². The Balaban J connectivity index is 2.34. The fourth-order valence-corrected chi connectivity index (χ4v) is 0.281. The molecule has 0 rings (SSSR count). The first-order chi connectivity index (χ1) is 2.91. The average Bonchev–Trinajstić information content (AvgIpc) is 1.61. The van der Waals surface area contributed by atoms with Crippen LogP contribution in [0.3, 0.4) is 0 Å². The third-order valence-corrected chi connectivity index (χ3v) is 0.667. The van der Waals surface area contributed by atoms with Crippen molar-refractivity contribution in [2.75, 3.05) is 0 Å². The van der Waals surface area contributed by atoms with Crippen LogP contribution >= 0.6 is 0 Å². The molecule has 0 aliphatic heterocycles. The zero-order valence-corrected chi connectivity index (χ0v) is 4.08. The van der Waals surface area contributed by atoms with E-state index in [1.54, 1.807) is 0 Å². The summed E-state index contributed by atoms with van der Waals surface area (Å²) < 4.78 is 11.1. The van der Waals surface area contributed by atoms with Crippen molar-refractivity contribution >= 4 is 7.56 Å². The van der Waals surface area contributed by atoms with E-state index in [-0.39, 0.29) is 0 Å². The quantitative estimate of drug-likeness (QED) is 0.363. The molecule has 2 heteroatoms. The summed E-state index contributed by atoms with van der Waals surface area (Å²) in [6, 6.07) is 0. The van der Waals surface area contributed by atoms with E-state index in [0.717, 1.165) is 12.8 Å². The standard InChI is InChI=1S/C4H9BF/c1-2-3-4-5-6/h2-4H2,1H3. The van der Waals surface area contributed by atoms with Gasteiger partial charge in [-0.15, -0.1) is 0 Å². The summed E-state index contributed by atoms with van der Waals surface area (Å²) in [5.41, 5.74) is 0. The van der Waals surface area contributed by atoms with Gasteiger partial charge >= 0.3 is 7.56 Å². The van der Waals surface area contributed by atoms with Crippen LogP contribution in [0.2, 0.25) is 6.32 Å². The first-order valence-electron chi connectivity index (χ1n) is 2.33. The van der Waals surface area contributed by atoms with Crippen LogP contribution in [0, 0.1) is 0 Å². The second kappa shape index (κ2) is 4.99. The zero-order chi connectivity index (χ0) is 4.83. The lowest BCUT2D eigenvalue weighted by atomic mass is 9.96. The Morgan fingerprint density at radius 1 is 1.67 bits per heavy atom. The van der Waals surface area contributed by atoms with Crippen molar-refractivity contribution in [2.24, 2.45) is 0 Å². The maximum Gasteiger partial charge on any atom is 0.354 e. The van der Waals surface area contributed by atoms with Crippen LogP contribution in [-0.4, -0.2) is 7.56 Å². The molecule has 0 aliphatic carbocycles. The molecule has 0 spiro atoms. The third kappa shape index (κ3) is 3.99. The lowest BCUT2D eigenvalue weighted by molar-refractivity contribution is 0.808. The molecule has 0 fully saturated rings. The average molecular weight is 86.9 g/mol. The highest BCUT2D eigenvalue weighted by Crippen LogP contribution is 1.91. The predicted molar refractivity (Wildman–Crippen MR) is 26.6 cm³/mol. The molecule has 0 aromatic carbocycles. The number of hydrogen-bond acceptors (Lipinski definition) is 0. The van der Waals surface area contributed by atoms with Crippen LogP contribution < -0.4 is 0 Å². The van der Waals surface area contributed by atoms with Crippen molar-refractivity contribution in [3.8, 4) is 0 Å². The van der Waals surface area contributed by atoms with Gasteiger partial charge in [0.25, 0.3) is 0 Å². The molecule has 0 bridgehead atoms. The minimum absolute atomic E-state index is 0.622. The maximum absolute atomic E-state index is 11.1. The first-order valence-corrected chi connectivity index (χ1v) is 2.33. The summed E-state index contributed by atoms with van der Waals surface area (Å²) in [4.78, 5) is 0. The lowest BCUT2D eigenvalue weighted by Gasteiger charge is -1.81. The van der Waals surface area contributed by atoms with E-state index < -0.39 is 0 Å². The van der Waals surface area contributed by atoms with Crippen LogP contribution in [0.25, 0.3) is 0 Å². The van der Waals surface area contributed by atoms with Gasteiger partial charge in [-0.2, -0.15) is 0 Å². The van der Waals surface area contributed by atoms with Gasteiger partial charge in [-0.3, -0.25) is 0 Å². The van der Waals surface area contributed by atoms with Gasteiger partial charge in [0.2, 0.25) is 0 Å². The highest BCUT2D eigenvalue weighted by Gasteiger charge is 1.83. The highest BCUT2D eigenvalue weighted by molar-refractivity contribution is 6.25. The predicted octanol–water partition coefficient (Wildman–Crippen LogP) is 1.79. The smallest absolute Gasteiger partial charge is 0.343 e. The van der Waals surface area contributed by atoms with E-state index in [4.69, 9.17) is 0 Å². The summed E-state index contributed by atoms with van der Waals surface area (Å²) in [7, 11) is 0.712. The van der Waals surface area contributed by atoms with E-state index in [1.165, 1.54) is 0 Å². The van der Waals surface area contributed by atoms with Crippen LogP contribution in [0.4, 0.5) is 4.32 Å². The molecule has 0 aromatic rings. The van der Waals surface area contributed by atoms with Crippen LogP contribution in [-0.2, 0) is 0 Å². The molecular formula is C4H9BF. The summed E-state index contributed by atoms with van der Waals surface area (Å²) in [5.74, 6) is 0. The largest absolute Gasteiger partial charge is 0.354 e. The second-order valence-electron chi connectivity index (χ2n) is 1.30. The molecular weight excluding hydrogens is 77.9 g/mol. The Kier molecular flexibility index (Phi) is 4.99. The van der Waals surface area contributed by atoms with Gasteiger partial charge in [-0.1, -0.05) is 19.8 Å². The molecule has 0 atom stereocenters. The van der Waals surface area contributed by atoms with Crippen molar-refractivity contribution in [1.82, 2.24) is 0 Å². The van der Waals surface area contributed by atoms with Crippen molar-refractivity contribution < 1.29 is 4.32 Å². The minimum atomic E-state index is 0.622. The fraction of sp³-hybridized carbons (Fsp3) is 1.00. The van der Waals surface area contributed by atoms with Crippen molar-refractivity contribution in [1.29, 1.82) is 0 Å². The number of hydrogen-bond donors (Lipinski definition) is 0. The molecule has 6 heavy (non-hydrogen) atoms. The van der Waals surface area contributed by atoms with Crippen molar-refractivity contribution in [3.05, 3.63) is 0 Å². The maximum atomic E-state index is 11.1. The Hall–Kier alpha value is -0.00506. The van der Waals surface area contributed by atoms with E-state index in [0.29, 0.717) is 13.9 Å². The number of unbranched alkanes of at least 4 members (excludes halogenated alkanes) is 1. The van der Waals surface area contributed by atoms with E-state index in [1.807, 2.05) is 6.92 Å². The summed E-state index contributed by atoms with van der Waals surface area (Å²) in [5, 5.41) is 0. The molecule has 0 amide bonds. The molecule has 0 saturated heterocycles. The number of halogens is 1. The Morgan fingerprint density at radius 2 is 2.33 bits per heavy atom. The van der Waals surface area contributed by atoms with E-state index >= 15 is 0 Å². The van der Waals surface area contributed by atoms with E-state index in [2.05, 4.69) is 0 Å². The lowest BCUT2D eigenvalue weighted by Crippen LogP contribution is -1.75. The van der Waals surface area contributed by atoms with Gasteiger partial charge in [0, 0.05) is 0 Å². The van der Waals surface area contributed by atoms with Gasteiger partial charge in [0.05, 0.1) is 0 Å². The van der Waals surface area contributed by atoms with Gasteiger partial charge in [0.1, 0.15) is 0 Å². The van der Waals surface area contributed by atoms with Gasteiger partial charge in [-0.05, 0) is 6.32 Å². The molecule has 0 heterocycles. The summed E-state index contributed by atoms with van der Waals surface area (Å²) >= 11 is 0. The Bertz CT molecular complexity index is 19.5. The molecule has 0 aromatic heterocycles.